The van der Waals surface area contributed by atoms with Crippen molar-refractivity contribution >= 4 is 13.7 Å². The third-order valence-corrected chi connectivity index (χ3v) is 4.23. The van der Waals surface area contributed by atoms with Crippen LogP contribution in [-0.2, 0) is 13.6 Å². The van der Waals surface area contributed by atoms with Gasteiger partial charge in [-0.25, -0.2) is 0 Å². The van der Waals surface area contributed by atoms with Gasteiger partial charge in [-0.1, -0.05) is 12.1 Å². The van der Waals surface area contributed by atoms with Crippen LogP contribution in [0.15, 0.2) is 30.1 Å². The molecule has 1 aromatic rings. The van der Waals surface area contributed by atoms with Crippen molar-refractivity contribution in [3.63, 3.8) is 0 Å². The minimum Gasteiger partial charge on any atom is -0.497 e. The molecule has 0 spiro atoms. The summed E-state index contributed by atoms with van der Waals surface area (Å²) in [4.78, 5) is 0. The number of benzene rings is 1. The topological polar surface area (TPSA) is 44.8 Å². The van der Waals surface area contributed by atoms with Crippen molar-refractivity contribution in [3.8, 4) is 5.75 Å². The number of rotatable bonds is 7. The Morgan fingerprint density at radius 3 is 1.90 bits per heavy atom. The van der Waals surface area contributed by atoms with E-state index < -0.39 is 7.60 Å². The lowest BCUT2D eigenvalue weighted by Gasteiger charge is -2.19. The molecule has 0 aliphatic rings. The van der Waals surface area contributed by atoms with Crippen molar-refractivity contribution in [1.29, 1.82) is 0 Å². The molecule has 0 radical (unpaired) electrons. The molecule has 0 bridgehead atoms. The van der Waals surface area contributed by atoms with Gasteiger partial charge < -0.3 is 13.8 Å². The molecule has 0 aliphatic carbocycles. The first-order chi connectivity index (χ1) is 9.34. The molecule has 112 valence electrons. The largest absolute Gasteiger partial charge is 0.497 e. The first-order valence-electron chi connectivity index (χ1n) is 6.64. The molecule has 20 heavy (non-hydrogen) atoms. The lowest BCUT2D eigenvalue weighted by Crippen LogP contribution is -2.06. The fraction of sp³-hybridized carbons (Fsp3) is 0.467. The van der Waals surface area contributed by atoms with E-state index in [9.17, 15) is 4.57 Å². The van der Waals surface area contributed by atoms with Gasteiger partial charge in [0.1, 0.15) is 5.75 Å². The normalized spacial score (nSPS) is 12.6. The average molecular weight is 298 g/mol. The van der Waals surface area contributed by atoms with E-state index in [2.05, 4.69) is 0 Å². The van der Waals surface area contributed by atoms with Gasteiger partial charge in [-0.05, 0) is 51.5 Å². The second kappa shape index (κ2) is 7.63. The highest BCUT2D eigenvalue weighted by molar-refractivity contribution is 7.57. The molecule has 0 amide bonds. The zero-order valence-electron chi connectivity index (χ0n) is 12.7. The van der Waals surface area contributed by atoms with E-state index in [4.69, 9.17) is 13.8 Å². The first-order valence-corrected chi connectivity index (χ1v) is 8.25. The molecule has 1 rings (SSSR count). The quantitative estimate of drug-likeness (QED) is 0.684. The fourth-order valence-electron chi connectivity index (χ4n) is 1.58. The minimum atomic E-state index is -3.23. The fourth-order valence-corrected chi connectivity index (χ4v) is 3.30. The molecule has 0 N–H and O–H groups in total. The third-order valence-electron chi connectivity index (χ3n) is 2.28. The minimum absolute atomic E-state index is 0.167. The summed E-state index contributed by atoms with van der Waals surface area (Å²) >= 11 is 0. The van der Waals surface area contributed by atoms with Gasteiger partial charge in [0.05, 0.1) is 19.3 Å². The Hall–Kier alpha value is -1.09. The summed E-state index contributed by atoms with van der Waals surface area (Å²) in [5.41, 5.74) is 0.908. The molecule has 0 aromatic heterocycles. The molecular formula is C15H23O4P. The molecule has 0 fully saturated rings. The standard InChI is InChI=1S/C15H23O4P/c1-12(2)18-20(16,19-13(3)4)11-10-14-6-8-15(17-5)9-7-14/h6-13H,1-5H3/b11-10+. The summed E-state index contributed by atoms with van der Waals surface area (Å²) in [6, 6.07) is 7.45. The van der Waals surface area contributed by atoms with Crippen LogP contribution in [0.25, 0.3) is 6.08 Å². The lowest BCUT2D eigenvalue weighted by atomic mass is 10.2. The van der Waals surface area contributed by atoms with Crippen molar-refractivity contribution in [2.45, 2.75) is 39.9 Å². The Labute approximate surface area is 121 Å². The number of hydrogen-bond acceptors (Lipinski definition) is 4. The molecule has 0 saturated heterocycles. The van der Waals surface area contributed by atoms with E-state index in [1.165, 1.54) is 5.82 Å². The second-order valence-corrected chi connectivity index (χ2v) is 6.74. The van der Waals surface area contributed by atoms with Gasteiger partial charge in [-0.2, -0.15) is 0 Å². The SMILES string of the molecule is COc1ccc(/C=C/P(=O)(OC(C)C)OC(C)C)cc1. The first kappa shape index (κ1) is 17.0. The lowest BCUT2D eigenvalue weighted by molar-refractivity contribution is 0.149. The summed E-state index contributed by atoms with van der Waals surface area (Å²) < 4.78 is 28.5. The Morgan fingerprint density at radius 1 is 1.00 bits per heavy atom. The monoisotopic (exact) mass is 298 g/mol. The molecule has 0 saturated carbocycles. The van der Waals surface area contributed by atoms with Gasteiger partial charge in [0, 0.05) is 5.82 Å². The Balaban J connectivity index is 2.87. The zero-order chi connectivity index (χ0) is 15.2. The molecule has 1 aromatic carbocycles. The van der Waals surface area contributed by atoms with Crippen molar-refractivity contribution < 1.29 is 18.3 Å². The molecule has 0 atom stereocenters. The van der Waals surface area contributed by atoms with Crippen molar-refractivity contribution in [2.75, 3.05) is 7.11 Å². The predicted molar refractivity (Wildman–Crippen MR) is 82.1 cm³/mol. The van der Waals surface area contributed by atoms with E-state index >= 15 is 0 Å². The smallest absolute Gasteiger partial charge is 0.354 e. The molecule has 5 heteroatoms. The Morgan fingerprint density at radius 2 is 1.50 bits per heavy atom. The van der Waals surface area contributed by atoms with E-state index in [1.807, 2.05) is 52.0 Å². The van der Waals surface area contributed by atoms with E-state index in [0.717, 1.165) is 11.3 Å². The third kappa shape index (κ3) is 5.91. The van der Waals surface area contributed by atoms with Crippen LogP contribution in [-0.4, -0.2) is 19.3 Å². The van der Waals surface area contributed by atoms with E-state index in [-0.39, 0.29) is 12.2 Å². The Bertz CT molecular complexity index is 463. The van der Waals surface area contributed by atoms with Crippen LogP contribution in [0.1, 0.15) is 33.3 Å². The second-order valence-electron chi connectivity index (χ2n) is 4.94. The summed E-state index contributed by atoms with van der Waals surface area (Å²) in [5.74, 6) is 2.29. The van der Waals surface area contributed by atoms with Crippen LogP contribution in [0.2, 0.25) is 0 Å². The molecule has 0 heterocycles. The highest BCUT2D eigenvalue weighted by atomic mass is 31.2. The van der Waals surface area contributed by atoms with Gasteiger partial charge in [0.15, 0.2) is 0 Å². The maximum Gasteiger partial charge on any atom is 0.354 e. The number of hydrogen-bond donors (Lipinski definition) is 0. The van der Waals surface area contributed by atoms with Gasteiger partial charge in [0.25, 0.3) is 0 Å². The maximum atomic E-state index is 12.6. The molecule has 0 aliphatic heterocycles. The molecule has 4 nitrogen and oxygen atoms in total. The van der Waals surface area contributed by atoms with Crippen molar-refractivity contribution in [3.05, 3.63) is 35.6 Å². The summed E-state index contributed by atoms with van der Waals surface area (Å²) in [5, 5.41) is 0. The summed E-state index contributed by atoms with van der Waals surface area (Å²) in [7, 11) is -1.61. The summed E-state index contributed by atoms with van der Waals surface area (Å²) in [6.45, 7) is 7.32. The van der Waals surface area contributed by atoms with Crippen molar-refractivity contribution in [1.82, 2.24) is 0 Å². The Kier molecular flexibility index (Phi) is 6.47. The highest BCUT2D eigenvalue weighted by Crippen LogP contribution is 2.52. The average Bonchev–Trinajstić information content (AvgIpc) is 2.35. The van der Waals surface area contributed by atoms with E-state index in [1.54, 1.807) is 13.2 Å². The number of ether oxygens (including phenoxy) is 1. The molecule has 0 unspecified atom stereocenters. The molecular weight excluding hydrogens is 275 g/mol. The highest BCUT2D eigenvalue weighted by Gasteiger charge is 2.23. The van der Waals surface area contributed by atoms with Crippen LogP contribution >= 0.6 is 7.60 Å². The number of methoxy groups -OCH3 is 1. The van der Waals surface area contributed by atoms with Gasteiger partial charge in [-0.3, -0.25) is 4.57 Å². The van der Waals surface area contributed by atoms with E-state index in [0.29, 0.717) is 0 Å². The van der Waals surface area contributed by atoms with Crippen LogP contribution in [0, 0.1) is 0 Å². The van der Waals surface area contributed by atoms with Crippen molar-refractivity contribution in [2.24, 2.45) is 0 Å². The van der Waals surface area contributed by atoms with Gasteiger partial charge in [-0.15, -0.1) is 0 Å². The predicted octanol–water partition coefficient (Wildman–Crippen LogP) is 4.71. The maximum absolute atomic E-state index is 12.6. The van der Waals surface area contributed by atoms with Crippen LogP contribution in [0.4, 0.5) is 0 Å². The zero-order valence-corrected chi connectivity index (χ0v) is 13.6. The van der Waals surface area contributed by atoms with Crippen LogP contribution < -0.4 is 4.74 Å². The van der Waals surface area contributed by atoms with Crippen LogP contribution in [0.5, 0.6) is 5.75 Å². The van der Waals surface area contributed by atoms with Crippen LogP contribution in [0.3, 0.4) is 0 Å². The van der Waals surface area contributed by atoms with Gasteiger partial charge >= 0.3 is 7.60 Å². The van der Waals surface area contributed by atoms with Gasteiger partial charge in [0.2, 0.25) is 0 Å². The summed E-state index contributed by atoms with van der Waals surface area (Å²) in [6.07, 6.45) is 1.41.